The average Bonchev–Trinajstić information content (AvgIpc) is 3.48. The smallest absolute Gasteiger partial charge is 1.00 e. The summed E-state index contributed by atoms with van der Waals surface area (Å²) in [5.74, 6) is -1.75. The van der Waals surface area contributed by atoms with Crippen LogP contribution in [0, 0.1) is 0 Å². The van der Waals surface area contributed by atoms with E-state index in [1.165, 1.54) is 34.8 Å². The number of hydrogen-bond donors (Lipinski definition) is 3. The van der Waals surface area contributed by atoms with Crippen LogP contribution >= 0.6 is 23.5 Å². The number of aromatic nitrogens is 4. The van der Waals surface area contributed by atoms with E-state index in [1.807, 2.05) is 4.90 Å². The summed E-state index contributed by atoms with van der Waals surface area (Å²) in [6.45, 7) is 0.649. The van der Waals surface area contributed by atoms with Gasteiger partial charge in [0.2, 0.25) is 11.8 Å². The van der Waals surface area contributed by atoms with Gasteiger partial charge < -0.3 is 16.7 Å². The number of carboxylic acids is 1. The van der Waals surface area contributed by atoms with E-state index in [4.69, 9.17) is 0 Å². The van der Waals surface area contributed by atoms with Crippen molar-refractivity contribution in [3.63, 3.8) is 0 Å². The molecule has 2 aromatic heterocycles. The van der Waals surface area contributed by atoms with Gasteiger partial charge in [-0.2, -0.15) is 5.10 Å². The normalized spacial score (nSPS) is 24.3. The molecule has 0 aromatic carbocycles. The Hall–Kier alpha value is -2.39. The standard InChI is InChI=1S/C22H21N7O5S2.Na.H/c30-14(8-35-18-13-6-25-27-17(13)23-9-24-18)26-15-20(32)29-16(22(33)34)11(7-36-21(15)29)5-10-3-4-28(19(10)31)12-1-2-12;;/h5-6,9,12,15,21H,1-4,7-8H2,(H,26,30)(H,33,34)(H,23,24,25,27);;/q;+1;-1/b10-5+;;/t15-,21-;;/m1../s1. The molecule has 2 saturated heterocycles. The second kappa shape index (κ2) is 10.4. The van der Waals surface area contributed by atoms with E-state index in [9.17, 15) is 24.3 Å². The van der Waals surface area contributed by atoms with Crippen LogP contribution in [0.1, 0.15) is 20.7 Å². The Kier molecular flexibility index (Phi) is 7.38. The molecule has 1 saturated carbocycles. The summed E-state index contributed by atoms with van der Waals surface area (Å²) in [6, 6.07) is -0.509. The van der Waals surface area contributed by atoms with Crippen molar-refractivity contribution in [2.45, 2.75) is 41.7 Å². The Bertz CT molecular complexity index is 1380. The summed E-state index contributed by atoms with van der Waals surface area (Å²) in [4.78, 5) is 61.6. The van der Waals surface area contributed by atoms with Crippen molar-refractivity contribution in [3.05, 3.63) is 35.4 Å². The number of aliphatic carboxylic acids is 1. The van der Waals surface area contributed by atoms with E-state index in [0.717, 1.165) is 12.8 Å². The number of fused-ring (bicyclic) bond motifs is 2. The Labute approximate surface area is 242 Å². The third-order valence-corrected chi connectivity index (χ3v) is 8.87. The van der Waals surface area contributed by atoms with Crippen LogP contribution in [-0.4, -0.2) is 94.3 Å². The molecule has 1 aliphatic carbocycles. The van der Waals surface area contributed by atoms with Crippen LogP contribution < -0.4 is 34.9 Å². The predicted octanol–water partition coefficient (Wildman–Crippen LogP) is -2.38. The third-order valence-electron chi connectivity index (χ3n) is 6.56. The van der Waals surface area contributed by atoms with Gasteiger partial charge in [-0.1, -0.05) is 11.8 Å². The van der Waals surface area contributed by atoms with E-state index in [2.05, 4.69) is 25.5 Å². The molecule has 12 nitrogen and oxygen atoms in total. The van der Waals surface area contributed by atoms with Gasteiger partial charge in [0.1, 0.15) is 28.5 Å². The number of β-lactam (4-membered cyclic amide) rings is 1. The van der Waals surface area contributed by atoms with Crippen LogP contribution in [-0.2, 0) is 19.2 Å². The van der Waals surface area contributed by atoms with Gasteiger partial charge >= 0.3 is 35.5 Å². The molecule has 3 fully saturated rings. The number of hydrogen-bond acceptors (Lipinski definition) is 9. The number of aromatic amines is 1. The zero-order valence-electron chi connectivity index (χ0n) is 20.8. The number of amides is 3. The molecule has 0 spiro atoms. The molecule has 4 aliphatic rings. The summed E-state index contributed by atoms with van der Waals surface area (Å²) in [5, 5.41) is 20.1. The molecule has 37 heavy (non-hydrogen) atoms. The van der Waals surface area contributed by atoms with Gasteiger partial charge in [-0.05, 0) is 30.9 Å². The maximum absolute atomic E-state index is 12.9. The summed E-state index contributed by atoms with van der Waals surface area (Å²) >= 11 is 2.58. The number of H-pyrrole nitrogens is 1. The number of carbonyl (C=O) groups is 4. The van der Waals surface area contributed by atoms with Gasteiger partial charge in [-0.25, -0.2) is 14.8 Å². The second-order valence-corrected chi connectivity index (χ2v) is 11.0. The number of nitrogens with zero attached hydrogens (tertiary/aromatic N) is 5. The number of likely N-dealkylation sites (tertiary alicyclic amines) is 1. The molecule has 188 valence electrons. The minimum Gasteiger partial charge on any atom is -1.00 e. The van der Waals surface area contributed by atoms with Crippen molar-refractivity contribution in [2.24, 2.45) is 0 Å². The first kappa shape index (κ1) is 26.2. The monoisotopic (exact) mass is 551 g/mol. The Morgan fingerprint density at radius 2 is 2.14 bits per heavy atom. The van der Waals surface area contributed by atoms with E-state index in [1.54, 1.807) is 12.3 Å². The molecule has 2 atom stereocenters. The quantitative estimate of drug-likeness (QED) is 0.111. The fourth-order valence-corrected chi connectivity index (χ4v) is 6.76. The Balaban J connectivity index is 0.00000168. The number of nitrogens with one attached hydrogen (secondary N) is 2. The number of carboxylic acid groups (broad SMARTS) is 1. The summed E-state index contributed by atoms with van der Waals surface area (Å²) in [5.41, 5.74) is 1.49. The van der Waals surface area contributed by atoms with Crippen molar-refractivity contribution in [1.82, 2.24) is 35.3 Å². The van der Waals surface area contributed by atoms with Gasteiger partial charge in [0.25, 0.3) is 5.91 Å². The molecular formula is C22H22N7NaO5S2. The van der Waals surface area contributed by atoms with Crippen molar-refractivity contribution in [1.29, 1.82) is 0 Å². The molecular weight excluding hydrogens is 529 g/mol. The fourth-order valence-electron chi connectivity index (χ4n) is 4.67. The molecule has 3 amide bonds. The molecule has 15 heteroatoms. The third kappa shape index (κ3) is 4.80. The molecule has 2 aromatic rings. The first-order valence-corrected chi connectivity index (χ1v) is 13.4. The first-order chi connectivity index (χ1) is 17.4. The number of carbonyl (C=O) groups excluding carboxylic acids is 3. The van der Waals surface area contributed by atoms with Crippen LogP contribution in [0.25, 0.3) is 11.0 Å². The van der Waals surface area contributed by atoms with E-state index < -0.39 is 23.3 Å². The van der Waals surface area contributed by atoms with Gasteiger partial charge in [0.05, 0.1) is 17.3 Å². The Morgan fingerprint density at radius 1 is 1.32 bits per heavy atom. The van der Waals surface area contributed by atoms with Crippen LogP contribution in [0.3, 0.4) is 0 Å². The van der Waals surface area contributed by atoms with Gasteiger partial charge in [-0.15, -0.1) is 11.8 Å². The second-order valence-electron chi connectivity index (χ2n) is 8.88. The predicted molar refractivity (Wildman–Crippen MR) is 131 cm³/mol. The van der Waals surface area contributed by atoms with Crippen molar-refractivity contribution in [3.8, 4) is 0 Å². The molecule has 6 rings (SSSR count). The van der Waals surface area contributed by atoms with E-state index in [0.29, 0.717) is 52.0 Å². The number of thioether (sulfide) groups is 2. The summed E-state index contributed by atoms with van der Waals surface area (Å²) in [6.07, 6.45) is 7.20. The average molecular weight is 552 g/mol. The van der Waals surface area contributed by atoms with Gasteiger partial charge in [0.15, 0.2) is 5.65 Å². The maximum atomic E-state index is 12.9. The van der Waals surface area contributed by atoms with Crippen LogP contribution in [0.15, 0.2) is 40.5 Å². The van der Waals surface area contributed by atoms with Crippen molar-refractivity contribution in [2.75, 3.05) is 18.1 Å². The summed E-state index contributed by atoms with van der Waals surface area (Å²) < 4.78 is 0. The largest absolute Gasteiger partial charge is 1.00 e. The van der Waals surface area contributed by atoms with E-state index >= 15 is 0 Å². The maximum Gasteiger partial charge on any atom is 1.00 e. The minimum absolute atomic E-state index is 0. The molecule has 3 N–H and O–H groups in total. The van der Waals surface area contributed by atoms with Gasteiger partial charge in [-0.3, -0.25) is 24.4 Å². The number of rotatable bonds is 7. The topological polar surface area (TPSA) is 161 Å². The fraction of sp³-hybridized carbons (Fsp3) is 0.409. The molecule has 0 unspecified atom stereocenters. The van der Waals surface area contributed by atoms with Crippen LogP contribution in [0.2, 0.25) is 0 Å². The van der Waals surface area contributed by atoms with Crippen molar-refractivity contribution >= 4 is 58.2 Å². The minimum atomic E-state index is -1.22. The van der Waals surface area contributed by atoms with Crippen LogP contribution in [0.5, 0.6) is 0 Å². The van der Waals surface area contributed by atoms with E-state index in [-0.39, 0.29) is 54.2 Å². The van der Waals surface area contributed by atoms with Gasteiger partial charge in [0, 0.05) is 23.9 Å². The summed E-state index contributed by atoms with van der Waals surface area (Å²) in [7, 11) is 0. The Morgan fingerprint density at radius 3 is 2.89 bits per heavy atom. The molecule has 0 bridgehead atoms. The molecule has 0 radical (unpaired) electrons. The van der Waals surface area contributed by atoms with Crippen molar-refractivity contribution < 1.29 is 55.3 Å². The van der Waals surface area contributed by atoms with Crippen LogP contribution in [0.4, 0.5) is 0 Å². The molecule has 3 aliphatic heterocycles. The molecule has 5 heterocycles. The number of allylic oxidation sites excluding steroid dienone is 1. The zero-order valence-corrected chi connectivity index (χ0v) is 23.5. The first-order valence-electron chi connectivity index (χ1n) is 11.4. The SMILES string of the molecule is O=C(CSc1ncnc2[nH]ncc12)N[C@@H]1C(=O)N2C(C(=O)O)=C(/C=C3\CCN(C4CC4)C3=O)CS[C@H]12.[H-].[Na+]. The zero-order chi connectivity index (χ0) is 25.0.